The Bertz CT molecular complexity index is 1110. The summed E-state index contributed by atoms with van der Waals surface area (Å²) in [5, 5.41) is 0. The van der Waals surface area contributed by atoms with E-state index in [-0.39, 0.29) is 0 Å². The van der Waals surface area contributed by atoms with Gasteiger partial charge in [0.05, 0.1) is 0 Å². The first-order valence-corrected chi connectivity index (χ1v) is 14.9. The van der Waals surface area contributed by atoms with Crippen molar-refractivity contribution < 1.29 is 19.1 Å². The molecule has 0 atom stereocenters. The summed E-state index contributed by atoms with van der Waals surface area (Å²) in [4.78, 5) is 0. The zero-order valence-electron chi connectivity index (χ0n) is 22.5. The van der Waals surface area contributed by atoms with Crippen molar-refractivity contribution in [3.8, 4) is 11.8 Å². The summed E-state index contributed by atoms with van der Waals surface area (Å²) in [5.41, 5.74) is 20.1. The molecule has 0 spiro atoms. The Labute approximate surface area is 220 Å². The quantitative estimate of drug-likeness (QED) is 0.181. The van der Waals surface area contributed by atoms with Gasteiger partial charge in [0.1, 0.15) is 5.57 Å². The molecule has 1 heterocycles. The van der Waals surface area contributed by atoms with Crippen LogP contribution in [0.15, 0.2) is 59.7 Å². The summed E-state index contributed by atoms with van der Waals surface area (Å²) in [5.74, 6) is 10.8. The van der Waals surface area contributed by atoms with Gasteiger partial charge < -0.3 is 5.53 Å². The number of allylic oxidation sites excluding steroid dienone is 2. The molecule has 0 amide bonds. The Morgan fingerprint density at radius 2 is 1.37 bits per heavy atom. The van der Waals surface area contributed by atoms with Crippen molar-refractivity contribution in [2.45, 2.75) is 90.8 Å². The molecular weight excluding hydrogens is 471 g/mol. The monoisotopic (exact) mass is 512 g/mol. The molecule has 0 radical (unpaired) electrons. The van der Waals surface area contributed by atoms with Crippen LogP contribution in [0.5, 0.6) is 0 Å². The Morgan fingerprint density at radius 3 is 1.97 bits per heavy atom. The van der Waals surface area contributed by atoms with Gasteiger partial charge in [0.2, 0.25) is 11.4 Å². The zero-order valence-corrected chi connectivity index (χ0v) is 23.5. The van der Waals surface area contributed by atoms with Crippen LogP contribution in [0.1, 0.15) is 88.5 Å². The molecule has 35 heavy (non-hydrogen) atoms. The molecule has 0 aliphatic carbocycles. The van der Waals surface area contributed by atoms with E-state index in [0.29, 0.717) is 0 Å². The Hall–Kier alpha value is -2.43. The summed E-state index contributed by atoms with van der Waals surface area (Å²) >= 11 is 1.62. The maximum absolute atomic E-state index is 11.6. The minimum atomic E-state index is 0.792. The van der Waals surface area contributed by atoms with Gasteiger partial charge in [0.25, 0.3) is 0 Å². The normalized spacial score (nSPS) is 13.0. The van der Waals surface area contributed by atoms with E-state index in [1.807, 2.05) is 0 Å². The maximum atomic E-state index is 11.6. The van der Waals surface area contributed by atoms with Gasteiger partial charge in [-0.3, -0.25) is 0 Å². The van der Waals surface area contributed by atoms with Crippen LogP contribution in [0, 0.1) is 11.8 Å². The van der Waals surface area contributed by atoms with Crippen molar-refractivity contribution in [2.24, 2.45) is 0 Å². The second-order valence-electron chi connectivity index (χ2n) is 8.80. The molecular formula is C32H42N2Ni. The summed E-state index contributed by atoms with van der Waals surface area (Å²) in [6.07, 6.45) is 8.25. The molecule has 2 aromatic carbocycles. The van der Waals surface area contributed by atoms with Crippen molar-refractivity contribution >= 4 is 11.4 Å². The molecule has 0 unspecified atom stereocenters. The van der Waals surface area contributed by atoms with Crippen LogP contribution in [0.2, 0.25) is 11.8 Å². The molecule has 2 nitrogen and oxygen atoms in total. The van der Waals surface area contributed by atoms with E-state index >= 15 is 0 Å². The van der Waals surface area contributed by atoms with Crippen LogP contribution >= 0.6 is 0 Å². The van der Waals surface area contributed by atoms with Gasteiger partial charge in [-0.25, -0.2) is 4.70 Å². The second kappa shape index (κ2) is 15.5. The van der Waals surface area contributed by atoms with Gasteiger partial charge in [-0.2, -0.15) is 0 Å². The van der Waals surface area contributed by atoms with Crippen LogP contribution < -0.4 is 0 Å². The first-order chi connectivity index (χ1) is 17.1. The number of hydrogen-bond donors (Lipinski definition) is 0. The first-order valence-electron chi connectivity index (χ1n) is 12.9. The molecule has 2 aromatic rings. The Morgan fingerprint density at radius 1 is 0.800 bits per heavy atom. The third kappa shape index (κ3) is 7.78. The summed E-state index contributed by atoms with van der Waals surface area (Å²) in [7, 11) is 0. The molecule has 0 aromatic heterocycles. The molecule has 1 aliphatic rings. The number of unbranched alkanes of at least 4 members (excludes halogenated alkanes) is 2. The molecule has 0 bridgehead atoms. The predicted octanol–water partition coefficient (Wildman–Crippen LogP) is 9.53. The van der Waals surface area contributed by atoms with E-state index in [1.54, 1.807) is 14.4 Å². The molecule has 0 saturated carbocycles. The number of rotatable bonds is 9. The van der Waals surface area contributed by atoms with Gasteiger partial charge in [0, 0.05) is 23.1 Å². The van der Waals surface area contributed by atoms with Crippen LogP contribution in [0.25, 0.3) is 16.9 Å². The van der Waals surface area contributed by atoms with Gasteiger partial charge in [-0.05, 0) is 67.5 Å². The minimum absolute atomic E-state index is 0.792. The molecule has 1 aliphatic heterocycles. The molecule has 3 heteroatoms. The fourth-order valence-corrected chi connectivity index (χ4v) is 4.27. The number of nitrogens with zero attached hydrogens (tertiary/aromatic N) is 2. The van der Waals surface area contributed by atoms with E-state index in [4.69, 9.17) is 0 Å². The van der Waals surface area contributed by atoms with Crippen molar-refractivity contribution in [3.63, 3.8) is 0 Å². The molecule has 0 fully saturated rings. The zero-order chi connectivity index (χ0) is 25.6. The predicted molar refractivity (Wildman–Crippen MR) is 148 cm³/mol. The first kappa shape index (κ1) is 28.8. The van der Waals surface area contributed by atoms with E-state index < -0.39 is 0 Å². The van der Waals surface area contributed by atoms with Gasteiger partial charge in [-0.15, -0.1) is 0 Å². The summed E-state index contributed by atoms with van der Waals surface area (Å²) < 4.78 is 1.42. The van der Waals surface area contributed by atoms with Crippen molar-refractivity contribution in [1.82, 2.24) is 0 Å². The third-order valence-electron chi connectivity index (χ3n) is 6.05. The average Bonchev–Trinajstić information content (AvgIpc) is 3.16. The van der Waals surface area contributed by atoms with E-state index in [1.165, 1.54) is 28.7 Å². The van der Waals surface area contributed by atoms with Crippen molar-refractivity contribution in [1.29, 1.82) is 0 Å². The molecule has 190 valence electrons. The van der Waals surface area contributed by atoms with Crippen LogP contribution in [-0.2, 0) is 27.3 Å². The second-order valence-corrected chi connectivity index (χ2v) is 9.78. The SMILES string of the molecule is CCC#CC1=C(c2cccc(CCCC)c2)[N+](=[N-])C(c2cccc(CC)c2)=C1CCCC.[CH3][Ni][CH3]. The Kier molecular flexibility index (Phi) is 12.8. The third-order valence-corrected chi connectivity index (χ3v) is 6.05. The number of aryl methyl sites for hydroxylation is 2. The topological polar surface area (TPSA) is 25.3 Å². The van der Waals surface area contributed by atoms with Gasteiger partial charge in [0.15, 0.2) is 0 Å². The van der Waals surface area contributed by atoms with Crippen LogP contribution in [-0.4, -0.2) is 4.70 Å². The fraction of sp³-hybridized carbons (Fsp3) is 0.438. The van der Waals surface area contributed by atoms with Crippen molar-refractivity contribution in [3.05, 3.63) is 87.5 Å². The van der Waals surface area contributed by atoms with Gasteiger partial charge >= 0.3 is 26.2 Å². The molecule has 3 rings (SSSR count). The van der Waals surface area contributed by atoms with Crippen molar-refractivity contribution in [2.75, 3.05) is 0 Å². The van der Waals surface area contributed by atoms with E-state index in [2.05, 4.69) is 99.9 Å². The van der Waals surface area contributed by atoms with Gasteiger partial charge in [-0.1, -0.05) is 76.6 Å². The Balaban J connectivity index is 0.00000137. The molecule has 0 saturated heterocycles. The van der Waals surface area contributed by atoms with Crippen LogP contribution in [0.3, 0.4) is 0 Å². The van der Waals surface area contributed by atoms with Crippen LogP contribution in [0.4, 0.5) is 0 Å². The fourth-order valence-electron chi connectivity index (χ4n) is 4.27. The number of benzene rings is 2. The standard InChI is InChI=1S/C30H36N2.2CH3.Ni/c1-5-9-14-24-16-13-18-26(22-24)30-28(20-11-7-3)27(19-10-6-2)29(32(30)31)25-17-12-15-23(8-4)21-25;;;/h12-13,15-18,21-22H,5-10,14,19H2,1-4H3;2*1H3;. The summed E-state index contributed by atoms with van der Waals surface area (Å²) in [6.45, 7) is 8.67. The number of hydrogen-bond acceptors (Lipinski definition) is 0. The average molecular weight is 513 g/mol. The van der Waals surface area contributed by atoms with E-state index in [0.717, 1.165) is 72.2 Å². The molecule has 0 N–H and O–H groups in total. The van der Waals surface area contributed by atoms with E-state index in [9.17, 15) is 5.53 Å². The summed E-state index contributed by atoms with van der Waals surface area (Å²) in [6, 6.07) is 17.2.